The Morgan fingerprint density at radius 2 is 1.93 bits per heavy atom. The Morgan fingerprint density at radius 1 is 1.18 bits per heavy atom. The van der Waals surface area contributed by atoms with E-state index in [1.165, 1.54) is 18.9 Å². The van der Waals surface area contributed by atoms with Crippen LogP contribution in [0.5, 0.6) is 5.88 Å². The van der Waals surface area contributed by atoms with E-state index in [4.69, 9.17) is 9.47 Å². The molecule has 0 aliphatic heterocycles. The first-order chi connectivity index (χ1) is 13.0. The van der Waals surface area contributed by atoms with Crippen LogP contribution in [0.3, 0.4) is 0 Å². The maximum atomic E-state index is 13.9. The third-order valence-electron chi connectivity index (χ3n) is 5.41. The minimum absolute atomic E-state index is 0. The van der Waals surface area contributed by atoms with Crippen LogP contribution in [-0.4, -0.2) is 22.5 Å². The minimum atomic E-state index is -0.474. The van der Waals surface area contributed by atoms with Crippen molar-refractivity contribution in [2.24, 2.45) is 0 Å². The van der Waals surface area contributed by atoms with Gasteiger partial charge >= 0.3 is 0 Å². The Bertz CT molecular complexity index is 761. The highest BCUT2D eigenvalue weighted by molar-refractivity contribution is 5.85. The Balaban J connectivity index is 0.00000280. The van der Waals surface area contributed by atoms with Crippen molar-refractivity contribution in [3.8, 4) is 5.88 Å². The molecule has 0 saturated heterocycles. The fraction of sp³-hybridized carbons (Fsp3) is 0.571. The molecule has 7 heteroatoms. The number of rotatable bonds is 9. The summed E-state index contributed by atoms with van der Waals surface area (Å²) in [5.41, 5.74) is 1.07. The van der Waals surface area contributed by atoms with Crippen LogP contribution in [0.25, 0.3) is 0 Å². The third-order valence-corrected chi connectivity index (χ3v) is 5.41. The normalized spacial score (nSPS) is 15.4. The monoisotopic (exact) mass is 414 g/mol. The number of benzene rings is 1. The number of methoxy groups -OCH3 is 1. The predicted molar refractivity (Wildman–Crippen MR) is 107 cm³/mol. The highest BCUT2D eigenvalue weighted by Crippen LogP contribution is 2.36. The average Bonchev–Trinajstić information content (AvgIpc) is 3.28. The van der Waals surface area contributed by atoms with Crippen LogP contribution in [0, 0.1) is 11.6 Å². The van der Waals surface area contributed by atoms with E-state index in [1.54, 1.807) is 7.11 Å². The lowest BCUT2D eigenvalue weighted by atomic mass is 9.98. The Hall–Kier alpha value is -1.66. The molecule has 0 bridgehead atoms. The van der Waals surface area contributed by atoms with Crippen LogP contribution in [0.1, 0.15) is 56.7 Å². The molecule has 1 heterocycles. The predicted octanol–water partition coefficient (Wildman–Crippen LogP) is 5.46. The van der Waals surface area contributed by atoms with E-state index in [0.29, 0.717) is 12.4 Å². The van der Waals surface area contributed by atoms with Gasteiger partial charge in [-0.25, -0.2) is 13.5 Å². The van der Waals surface area contributed by atoms with Crippen molar-refractivity contribution in [3.05, 3.63) is 47.2 Å². The van der Waals surface area contributed by atoms with Crippen LogP contribution < -0.4 is 4.74 Å². The molecule has 1 fully saturated rings. The highest BCUT2D eigenvalue weighted by Gasteiger charge is 2.33. The summed E-state index contributed by atoms with van der Waals surface area (Å²) < 4.78 is 40.7. The molecule has 0 amide bonds. The van der Waals surface area contributed by atoms with Crippen molar-refractivity contribution in [1.29, 1.82) is 0 Å². The molecule has 1 aliphatic rings. The van der Waals surface area contributed by atoms with Gasteiger partial charge in [-0.3, -0.25) is 0 Å². The van der Waals surface area contributed by atoms with E-state index in [0.717, 1.165) is 49.9 Å². The van der Waals surface area contributed by atoms with E-state index in [2.05, 4.69) is 12.0 Å². The zero-order valence-electron chi connectivity index (χ0n) is 16.5. The van der Waals surface area contributed by atoms with E-state index in [-0.39, 0.29) is 30.2 Å². The number of aromatic nitrogens is 2. The number of aryl methyl sites for hydroxylation is 2. The van der Waals surface area contributed by atoms with Gasteiger partial charge in [-0.1, -0.05) is 26.2 Å². The summed E-state index contributed by atoms with van der Waals surface area (Å²) in [7, 11) is 1.78. The number of ether oxygens (including phenoxy) is 2. The van der Waals surface area contributed by atoms with Gasteiger partial charge in [-0.15, -0.1) is 12.4 Å². The Morgan fingerprint density at radius 3 is 2.61 bits per heavy atom. The summed E-state index contributed by atoms with van der Waals surface area (Å²) in [5, 5.41) is 4.65. The smallest absolute Gasteiger partial charge is 0.212 e. The van der Waals surface area contributed by atoms with Crippen LogP contribution in [0.2, 0.25) is 0 Å². The van der Waals surface area contributed by atoms with Crippen LogP contribution in [0.4, 0.5) is 8.78 Å². The Kier molecular flexibility index (Phi) is 8.25. The first-order valence-electron chi connectivity index (χ1n) is 9.74. The molecule has 0 atom stereocenters. The van der Waals surface area contributed by atoms with Crippen molar-refractivity contribution in [2.75, 3.05) is 7.11 Å². The first-order valence-corrected chi connectivity index (χ1v) is 9.74. The molecular weight excluding hydrogens is 386 g/mol. The summed E-state index contributed by atoms with van der Waals surface area (Å²) >= 11 is 0. The maximum Gasteiger partial charge on any atom is 0.212 e. The quantitative estimate of drug-likeness (QED) is 0.546. The van der Waals surface area contributed by atoms with Crippen molar-refractivity contribution in [1.82, 2.24) is 9.78 Å². The fourth-order valence-electron chi connectivity index (χ4n) is 3.80. The molecule has 4 nitrogen and oxygen atoms in total. The van der Waals surface area contributed by atoms with Gasteiger partial charge in [0.25, 0.3) is 0 Å². The van der Waals surface area contributed by atoms with Crippen LogP contribution in [0.15, 0.2) is 24.3 Å². The van der Waals surface area contributed by atoms with E-state index in [1.807, 2.05) is 10.7 Å². The SMILES string of the molecule is CCCc1cc(OCc2cc(F)ccc2F)n(CCC2(OC)CCCC2)n1.Cl. The molecule has 0 spiro atoms. The first kappa shape index (κ1) is 22.6. The number of nitrogens with zero attached hydrogens (tertiary/aromatic N) is 2. The molecule has 2 aromatic rings. The summed E-state index contributed by atoms with van der Waals surface area (Å²) in [4.78, 5) is 0. The van der Waals surface area contributed by atoms with Crippen molar-refractivity contribution in [2.45, 2.75) is 70.6 Å². The standard InChI is InChI=1S/C21H28F2N2O2.ClH/c1-3-6-18-14-20(27-15-16-13-17(22)7-8-19(16)23)25(24-18)12-11-21(26-2)9-4-5-10-21;/h7-8,13-14H,3-6,9-12,15H2,1-2H3;1H. The molecule has 156 valence electrons. The maximum absolute atomic E-state index is 13.9. The number of halogens is 3. The molecule has 0 N–H and O–H groups in total. The van der Waals surface area contributed by atoms with E-state index in [9.17, 15) is 8.78 Å². The zero-order valence-corrected chi connectivity index (χ0v) is 17.4. The molecule has 1 aromatic carbocycles. The Labute approximate surface area is 171 Å². The molecule has 28 heavy (non-hydrogen) atoms. The van der Waals surface area contributed by atoms with E-state index < -0.39 is 11.6 Å². The fourth-order valence-corrected chi connectivity index (χ4v) is 3.80. The van der Waals surface area contributed by atoms with Gasteiger partial charge in [-0.05, 0) is 43.9 Å². The van der Waals surface area contributed by atoms with Crippen molar-refractivity contribution >= 4 is 12.4 Å². The summed E-state index contributed by atoms with van der Waals surface area (Å²) in [6.07, 6.45) is 7.21. The van der Waals surface area contributed by atoms with Gasteiger partial charge in [0.05, 0.1) is 11.3 Å². The van der Waals surface area contributed by atoms with Gasteiger partial charge in [0, 0.05) is 25.3 Å². The second-order valence-electron chi connectivity index (χ2n) is 7.32. The van der Waals surface area contributed by atoms with Gasteiger partial charge in [-0.2, -0.15) is 5.10 Å². The largest absolute Gasteiger partial charge is 0.473 e. The average molecular weight is 415 g/mol. The van der Waals surface area contributed by atoms with Gasteiger partial charge < -0.3 is 9.47 Å². The summed E-state index contributed by atoms with van der Waals surface area (Å²) in [5.74, 6) is -0.356. The highest BCUT2D eigenvalue weighted by atomic mass is 35.5. The van der Waals surface area contributed by atoms with Crippen LogP contribution >= 0.6 is 12.4 Å². The van der Waals surface area contributed by atoms with Gasteiger partial charge in [0.2, 0.25) is 5.88 Å². The number of hydrogen-bond acceptors (Lipinski definition) is 3. The second-order valence-corrected chi connectivity index (χ2v) is 7.32. The molecule has 0 unspecified atom stereocenters. The van der Waals surface area contributed by atoms with Crippen molar-refractivity contribution in [3.63, 3.8) is 0 Å². The minimum Gasteiger partial charge on any atom is -0.473 e. The topological polar surface area (TPSA) is 36.3 Å². The zero-order chi connectivity index (χ0) is 19.3. The number of hydrogen-bond donors (Lipinski definition) is 0. The summed E-state index contributed by atoms with van der Waals surface area (Å²) in [6, 6.07) is 5.29. The van der Waals surface area contributed by atoms with Crippen LogP contribution in [-0.2, 0) is 24.3 Å². The molecule has 0 radical (unpaired) electrons. The molecule has 1 aliphatic carbocycles. The van der Waals surface area contributed by atoms with Gasteiger partial charge in [0.1, 0.15) is 18.2 Å². The summed E-state index contributed by atoms with van der Waals surface area (Å²) in [6.45, 7) is 2.74. The lowest BCUT2D eigenvalue weighted by molar-refractivity contribution is -0.0156. The molecule has 1 aromatic heterocycles. The van der Waals surface area contributed by atoms with E-state index >= 15 is 0 Å². The molecular formula is C21H29ClF2N2O2. The third kappa shape index (κ3) is 5.45. The second kappa shape index (κ2) is 10.2. The lowest BCUT2D eigenvalue weighted by Gasteiger charge is -2.27. The van der Waals surface area contributed by atoms with Crippen molar-refractivity contribution < 1.29 is 18.3 Å². The molecule has 1 saturated carbocycles. The lowest BCUT2D eigenvalue weighted by Crippen LogP contribution is -2.29. The molecule has 3 rings (SSSR count). The van der Waals surface area contributed by atoms with Gasteiger partial charge in [0.15, 0.2) is 0 Å².